The Kier molecular flexibility index (Phi) is 11.0. The van der Waals surface area contributed by atoms with E-state index in [-0.39, 0.29) is 30.9 Å². The number of halogens is 3. The summed E-state index contributed by atoms with van der Waals surface area (Å²) >= 11 is 1.63. The number of alkyl halides is 3. The van der Waals surface area contributed by atoms with Crippen LogP contribution in [0.25, 0.3) is 11.3 Å². The molecule has 2 aromatic carbocycles. The van der Waals surface area contributed by atoms with Gasteiger partial charge in [0.05, 0.1) is 30.4 Å². The van der Waals surface area contributed by atoms with Gasteiger partial charge in [-0.1, -0.05) is 31.4 Å². The Bertz CT molecular complexity index is 1320. The van der Waals surface area contributed by atoms with Crippen molar-refractivity contribution in [1.82, 2.24) is 5.32 Å². The van der Waals surface area contributed by atoms with E-state index >= 15 is 0 Å². The Labute approximate surface area is 248 Å². The quantitative estimate of drug-likeness (QED) is 0.203. The molecule has 0 bridgehead atoms. The molecule has 0 aliphatic heterocycles. The number of hydrogen-bond donors (Lipinski definition) is 2. The smallest absolute Gasteiger partial charge is 0.416 e. The highest BCUT2D eigenvalue weighted by Crippen LogP contribution is 2.41. The van der Waals surface area contributed by atoms with Crippen molar-refractivity contribution >= 4 is 29.3 Å². The maximum atomic E-state index is 13.1. The molecular weight excluding hydrogens is 565 g/mol. The molecule has 0 radical (unpaired) electrons. The average Bonchev–Trinajstić information content (AvgIpc) is 3.40. The SMILES string of the molecule is CCOC(=O)CCNC(=O)c1ccc(NC(c2cc(-c3ccc(C(F)(F)F)cc3)oc2CSC)C2CCCCC2)cc1. The van der Waals surface area contributed by atoms with E-state index in [4.69, 9.17) is 9.15 Å². The Morgan fingerprint density at radius 3 is 2.36 bits per heavy atom. The van der Waals surface area contributed by atoms with E-state index in [2.05, 4.69) is 10.6 Å². The first kappa shape index (κ1) is 31.5. The van der Waals surface area contributed by atoms with Gasteiger partial charge in [0.15, 0.2) is 0 Å². The van der Waals surface area contributed by atoms with Gasteiger partial charge >= 0.3 is 12.1 Å². The van der Waals surface area contributed by atoms with Crippen molar-refractivity contribution < 1.29 is 31.9 Å². The lowest BCUT2D eigenvalue weighted by atomic mass is 9.81. The third-order valence-electron chi connectivity index (χ3n) is 7.46. The zero-order valence-electron chi connectivity index (χ0n) is 23.9. The highest BCUT2D eigenvalue weighted by atomic mass is 32.2. The van der Waals surface area contributed by atoms with Crippen molar-refractivity contribution in [2.24, 2.45) is 5.92 Å². The minimum atomic E-state index is -4.40. The van der Waals surface area contributed by atoms with Gasteiger partial charge in [0.1, 0.15) is 11.5 Å². The van der Waals surface area contributed by atoms with Crippen molar-refractivity contribution in [3.05, 3.63) is 77.0 Å². The van der Waals surface area contributed by atoms with Gasteiger partial charge in [-0.15, -0.1) is 0 Å². The molecule has 1 aliphatic carbocycles. The van der Waals surface area contributed by atoms with Crippen LogP contribution in [-0.4, -0.2) is 31.3 Å². The number of amides is 1. The maximum absolute atomic E-state index is 13.1. The van der Waals surface area contributed by atoms with Crippen molar-refractivity contribution in [2.45, 2.75) is 63.4 Å². The molecule has 3 aromatic rings. The fraction of sp³-hybridized carbons (Fsp3) is 0.438. The Hall–Kier alpha value is -3.40. The molecule has 1 heterocycles. The van der Waals surface area contributed by atoms with Crippen LogP contribution in [0.3, 0.4) is 0 Å². The number of nitrogens with one attached hydrogen (secondary N) is 2. The molecule has 0 spiro atoms. The van der Waals surface area contributed by atoms with Gasteiger partial charge in [0, 0.05) is 28.9 Å². The maximum Gasteiger partial charge on any atom is 0.416 e. The monoisotopic (exact) mass is 602 g/mol. The molecule has 1 unspecified atom stereocenters. The van der Waals surface area contributed by atoms with Crippen LogP contribution in [0, 0.1) is 5.92 Å². The molecule has 10 heteroatoms. The van der Waals surface area contributed by atoms with Crippen LogP contribution in [-0.2, 0) is 21.5 Å². The van der Waals surface area contributed by atoms with Crippen LogP contribution >= 0.6 is 11.8 Å². The van der Waals surface area contributed by atoms with Gasteiger partial charge in [0.25, 0.3) is 5.91 Å². The van der Waals surface area contributed by atoms with Crippen molar-refractivity contribution in [3.63, 3.8) is 0 Å². The van der Waals surface area contributed by atoms with E-state index in [1.165, 1.54) is 18.6 Å². The number of esters is 1. The zero-order chi connectivity index (χ0) is 30.1. The van der Waals surface area contributed by atoms with E-state index in [0.29, 0.717) is 35.2 Å². The number of carbonyl (C=O) groups excluding carboxylic acids is 2. The first-order valence-corrected chi connectivity index (χ1v) is 15.7. The molecule has 42 heavy (non-hydrogen) atoms. The lowest BCUT2D eigenvalue weighted by Crippen LogP contribution is -2.26. The van der Waals surface area contributed by atoms with Gasteiger partial charge in [-0.05, 0) is 74.4 Å². The van der Waals surface area contributed by atoms with Crippen molar-refractivity contribution in [2.75, 3.05) is 24.7 Å². The number of benzene rings is 2. The molecule has 1 saturated carbocycles. The van der Waals surface area contributed by atoms with Gasteiger partial charge in [-0.25, -0.2) is 0 Å². The summed E-state index contributed by atoms with van der Waals surface area (Å²) < 4.78 is 50.5. The van der Waals surface area contributed by atoms with E-state index < -0.39 is 11.7 Å². The Balaban J connectivity index is 1.55. The van der Waals surface area contributed by atoms with Crippen LogP contribution in [0.5, 0.6) is 0 Å². The summed E-state index contributed by atoms with van der Waals surface area (Å²) in [5.41, 5.74) is 2.24. The molecular formula is C32H37F3N2O4S. The number of furan rings is 1. The van der Waals surface area contributed by atoms with E-state index in [1.54, 1.807) is 30.8 Å². The number of thioether (sulfide) groups is 1. The van der Waals surface area contributed by atoms with Crippen LogP contribution in [0.2, 0.25) is 0 Å². The number of anilines is 1. The summed E-state index contributed by atoms with van der Waals surface area (Å²) in [7, 11) is 0. The summed E-state index contributed by atoms with van der Waals surface area (Å²) in [6, 6.07) is 14.2. The summed E-state index contributed by atoms with van der Waals surface area (Å²) in [5.74, 6) is 1.70. The Morgan fingerprint density at radius 2 is 1.74 bits per heavy atom. The normalized spacial score (nSPS) is 14.8. The number of rotatable bonds is 12. The highest BCUT2D eigenvalue weighted by molar-refractivity contribution is 7.97. The Morgan fingerprint density at radius 1 is 1.05 bits per heavy atom. The molecule has 2 N–H and O–H groups in total. The largest absolute Gasteiger partial charge is 0.466 e. The summed E-state index contributed by atoms with van der Waals surface area (Å²) in [6.45, 7) is 2.23. The lowest BCUT2D eigenvalue weighted by Gasteiger charge is -2.32. The molecule has 1 aromatic heterocycles. The first-order chi connectivity index (χ1) is 20.2. The number of carbonyl (C=O) groups is 2. The second-order valence-electron chi connectivity index (χ2n) is 10.4. The van der Waals surface area contributed by atoms with E-state index in [1.807, 2.05) is 24.5 Å². The topological polar surface area (TPSA) is 80.6 Å². The van der Waals surface area contributed by atoms with Crippen LogP contribution in [0.1, 0.15) is 78.7 Å². The minimum Gasteiger partial charge on any atom is -0.466 e. The van der Waals surface area contributed by atoms with Crippen molar-refractivity contribution in [1.29, 1.82) is 0 Å². The third kappa shape index (κ3) is 8.33. The number of hydrogen-bond acceptors (Lipinski definition) is 6. The van der Waals surface area contributed by atoms with Crippen LogP contribution < -0.4 is 10.6 Å². The fourth-order valence-corrected chi connectivity index (χ4v) is 5.83. The minimum absolute atomic E-state index is 0.0661. The third-order valence-corrected chi connectivity index (χ3v) is 8.01. The van der Waals surface area contributed by atoms with Gasteiger partial charge in [-0.3, -0.25) is 9.59 Å². The molecule has 1 amide bonds. The lowest BCUT2D eigenvalue weighted by molar-refractivity contribution is -0.143. The molecule has 1 atom stereocenters. The first-order valence-electron chi connectivity index (χ1n) is 14.3. The molecule has 6 nitrogen and oxygen atoms in total. The second-order valence-corrected chi connectivity index (χ2v) is 11.3. The van der Waals surface area contributed by atoms with Gasteiger partial charge in [-0.2, -0.15) is 24.9 Å². The summed E-state index contributed by atoms with van der Waals surface area (Å²) in [4.78, 5) is 24.1. The molecule has 1 fully saturated rings. The molecule has 1 aliphatic rings. The molecule has 4 rings (SSSR count). The predicted octanol–water partition coefficient (Wildman–Crippen LogP) is 8.24. The van der Waals surface area contributed by atoms with Crippen LogP contribution in [0.15, 0.2) is 59.0 Å². The van der Waals surface area contributed by atoms with Gasteiger partial charge < -0.3 is 19.8 Å². The summed E-state index contributed by atoms with van der Waals surface area (Å²) in [5, 5.41) is 6.43. The fourth-order valence-electron chi connectivity index (χ4n) is 5.34. The average molecular weight is 603 g/mol. The summed E-state index contributed by atoms with van der Waals surface area (Å²) in [6.07, 6.45) is 3.28. The van der Waals surface area contributed by atoms with E-state index in [0.717, 1.165) is 54.8 Å². The predicted molar refractivity (Wildman–Crippen MR) is 159 cm³/mol. The molecule has 0 saturated heterocycles. The van der Waals surface area contributed by atoms with Gasteiger partial charge in [0.2, 0.25) is 0 Å². The van der Waals surface area contributed by atoms with Crippen molar-refractivity contribution in [3.8, 4) is 11.3 Å². The molecule has 226 valence electrons. The zero-order valence-corrected chi connectivity index (χ0v) is 24.7. The second kappa shape index (κ2) is 14.7. The standard InChI is InChI=1S/C32H37F3N2O4S/c1-3-40-29(38)17-18-36-31(39)23-11-15-25(16-12-23)37-30(22-7-5-4-6-8-22)26-19-27(41-28(26)20-42-2)21-9-13-24(14-10-21)32(33,34)35/h9-16,19,22,30,37H,3-8,17-18,20H2,1-2H3,(H,36,39). The van der Waals surface area contributed by atoms with Crippen LogP contribution in [0.4, 0.5) is 18.9 Å². The highest BCUT2D eigenvalue weighted by Gasteiger charge is 2.31. The van der Waals surface area contributed by atoms with E-state index in [9.17, 15) is 22.8 Å². The number of ether oxygens (including phenoxy) is 1.